The zero-order valence-electron chi connectivity index (χ0n) is 8.03. The first kappa shape index (κ1) is 10.8. The van der Waals surface area contributed by atoms with Crippen molar-refractivity contribution in [3.05, 3.63) is 23.3 Å². The Labute approximate surface area is 82.4 Å². The van der Waals surface area contributed by atoms with Crippen molar-refractivity contribution in [2.45, 2.75) is 20.1 Å². The molecule has 0 spiro atoms. The van der Waals surface area contributed by atoms with Gasteiger partial charge in [0.1, 0.15) is 0 Å². The maximum absolute atomic E-state index is 9.57. The summed E-state index contributed by atoms with van der Waals surface area (Å²) in [6, 6.07) is 3.09. The molecule has 0 aromatic heterocycles. The van der Waals surface area contributed by atoms with Crippen molar-refractivity contribution in [2.24, 2.45) is 0 Å². The molecule has 0 bridgehead atoms. The van der Waals surface area contributed by atoms with Gasteiger partial charge in [-0.3, -0.25) is 0 Å². The summed E-state index contributed by atoms with van der Waals surface area (Å²) in [7, 11) is 0. The van der Waals surface area contributed by atoms with Crippen LogP contribution < -0.4 is 4.74 Å². The molecule has 0 saturated heterocycles. The summed E-state index contributed by atoms with van der Waals surface area (Å²) in [5.74, 6) is 0.231. The summed E-state index contributed by atoms with van der Waals surface area (Å²) >= 11 is 0. The van der Waals surface area contributed by atoms with Crippen molar-refractivity contribution < 1.29 is 20.1 Å². The Bertz CT molecular complexity index is 309. The first-order valence-electron chi connectivity index (χ1n) is 4.42. The van der Waals surface area contributed by atoms with E-state index in [0.29, 0.717) is 23.5 Å². The average molecular weight is 198 g/mol. The second-order valence-corrected chi connectivity index (χ2v) is 2.85. The van der Waals surface area contributed by atoms with Gasteiger partial charge in [0.25, 0.3) is 0 Å². The molecule has 0 radical (unpaired) electrons. The molecule has 4 heteroatoms. The van der Waals surface area contributed by atoms with Crippen LogP contribution in [0.15, 0.2) is 12.1 Å². The predicted molar refractivity (Wildman–Crippen MR) is 51.1 cm³/mol. The van der Waals surface area contributed by atoms with E-state index in [1.54, 1.807) is 13.0 Å². The van der Waals surface area contributed by atoms with Crippen LogP contribution in [0.3, 0.4) is 0 Å². The van der Waals surface area contributed by atoms with Gasteiger partial charge >= 0.3 is 0 Å². The van der Waals surface area contributed by atoms with Crippen molar-refractivity contribution in [2.75, 3.05) is 6.61 Å². The van der Waals surface area contributed by atoms with Crippen molar-refractivity contribution in [1.29, 1.82) is 0 Å². The van der Waals surface area contributed by atoms with E-state index in [4.69, 9.17) is 14.9 Å². The Morgan fingerprint density at radius 1 is 1.21 bits per heavy atom. The molecule has 14 heavy (non-hydrogen) atoms. The van der Waals surface area contributed by atoms with Crippen molar-refractivity contribution in [1.82, 2.24) is 0 Å². The lowest BCUT2D eigenvalue weighted by Gasteiger charge is -2.10. The minimum Gasteiger partial charge on any atom is -0.504 e. The number of rotatable bonds is 4. The van der Waals surface area contributed by atoms with Gasteiger partial charge in [-0.2, -0.15) is 0 Å². The highest BCUT2D eigenvalue weighted by atomic mass is 16.5. The van der Waals surface area contributed by atoms with Crippen LogP contribution in [0.1, 0.15) is 18.1 Å². The maximum atomic E-state index is 9.57. The summed E-state index contributed by atoms with van der Waals surface area (Å²) in [6.07, 6.45) is 0. The molecule has 78 valence electrons. The molecule has 4 nitrogen and oxygen atoms in total. The minimum absolute atomic E-state index is 0.0634. The Hall–Kier alpha value is -1.26. The van der Waals surface area contributed by atoms with Crippen LogP contribution in [0.25, 0.3) is 0 Å². The molecule has 1 rings (SSSR count). The number of aliphatic hydroxyl groups is 2. The highest BCUT2D eigenvalue weighted by Crippen LogP contribution is 2.31. The third-order valence-electron chi connectivity index (χ3n) is 1.87. The Balaban J connectivity index is 3.12. The van der Waals surface area contributed by atoms with Crippen LogP contribution in [0.4, 0.5) is 0 Å². The van der Waals surface area contributed by atoms with Crippen LogP contribution in [0, 0.1) is 0 Å². The van der Waals surface area contributed by atoms with Gasteiger partial charge in [0.2, 0.25) is 0 Å². The molecule has 1 aromatic rings. The molecule has 0 aliphatic carbocycles. The molecular weight excluding hydrogens is 184 g/mol. The molecule has 0 unspecified atom stereocenters. The fraction of sp³-hybridized carbons (Fsp3) is 0.400. The van der Waals surface area contributed by atoms with Crippen molar-refractivity contribution in [3.8, 4) is 11.5 Å². The summed E-state index contributed by atoms with van der Waals surface area (Å²) in [6.45, 7) is 1.80. The summed E-state index contributed by atoms with van der Waals surface area (Å²) in [4.78, 5) is 0. The topological polar surface area (TPSA) is 69.9 Å². The van der Waals surface area contributed by atoms with Crippen LogP contribution in [-0.4, -0.2) is 21.9 Å². The van der Waals surface area contributed by atoms with Gasteiger partial charge in [0.05, 0.1) is 19.8 Å². The monoisotopic (exact) mass is 198 g/mol. The lowest BCUT2D eigenvalue weighted by Crippen LogP contribution is -1.97. The van der Waals surface area contributed by atoms with Gasteiger partial charge in [0.15, 0.2) is 11.5 Å². The first-order valence-corrected chi connectivity index (χ1v) is 4.42. The minimum atomic E-state index is -0.278. The number of ether oxygens (including phenoxy) is 1. The number of aromatic hydroxyl groups is 1. The Morgan fingerprint density at radius 3 is 2.43 bits per heavy atom. The third-order valence-corrected chi connectivity index (χ3v) is 1.87. The molecule has 0 aliphatic rings. The summed E-state index contributed by atoms with van der Waals surface area (Å²) in [5, 5.41) is 27.4. The van der Waals surface area contributed by atoms with E-state index >= 15 is 0 Å². The standard InChI is InChI=1S/C10H14O4/c1-2-14-9-4-7(5-11)3-8(6-12)10(9)13/h3-4,11-13H,2,5-6H2,1H3. The molecule has 0 aliphatic heterocycles. The van der Waals surface area contributed by atoms with Gasteiger partial charge in [-0.05, 0) is 24.6 Å². The maximum Gasteiger partial charge on any atom is 0.163 e. The number of hydrogen-bond acceptors (Lipinski definition) is 4. The third kappa shape index (κ3) is 2.16. The zero-order chi connectivity index (χ0) is 10.6. The molecule has 0 heterocycles. The van der Waals surface area contributed by atoms with Crippen LogP contribution >= 0.6 is 0 Å². The first-order chi connectivity index (χ1) is 6.72. The van der Waals surface area contributed by atoms with Gasteiger partial charge < -0.3 is 20.1 Å². The quantitative estimate of drug-likeness (QED) is 0.668. The molecule has 0 fully saturated rings. The number of benzene rings is 1. The number of phenols is 1. The summed E-state index contributed by atoms with van der Waals surface area (Å²) < 4.78 is 5.15. The highest BCUT2D eigenvalue weighted by Gasteiger charge is 2.09. The largest absolute Gasteiger partial charge is 0.504 e. The van der Waals surface area contributed by atoms with Crippen LogP contribution in [0.2, 0.25) is 0 Å². The fourth-order valence-corrected chi connectivity index (χ4v) is 1.21. The highest BCUT2D eigenvalue weighted by molar-refractivity contribution is 5.48. The average Bonchev–Trinajstić information content (AvgIpc) is 2.21. The SMILES string of the molecule is CCOc1cc(CO)cc(CO)c1O. The van der Waals surface area contributed by atoms with E-state index in [1.807, 2.05) is 0 Å². The lowest BCUT2D eigenvalue weighted by atomic mass is 10.1. The molecule has 0 saturated carbocycles. The number of aliphatic hydroxyl groups excluding tert-OH is 2. The number of hydrogen-bond donors (Lipinski definition) is 3. The molecular formula is C10H14O4. The fourth-order valence-electron chi connectivity index (χ4n) is 1.21. The van der Waals surface area contributed by atoms with E-state index < -0.39 is 0 Å². The van der Waals surface area contributed by atoms with Crippen molar-refractivity contribution in [3.63, 3.8) is 0 Å². The van der Waals surface area contributed by atoms with Gasteiger partial charge in [-0.25, -0.2) is 0 Å². The molecule has 0 atom stereocenters. The van der Waals surface area contributed by atoms with E-state index in [0.717, 1.165) is 0 Å². The van der Waals surface area contributed by atoms with E-state index in [-0.39, 0.29) is 19.0 Å². The predicted octanol–water partition coefficient (Wildman–Crippen LogP) is 0.775. The van der Waals surface area contributed by atoms with Crippen LogP contribution in [0.5, 0.6) is 11.5 Å². The molecule has 1 aromatic carbocycles. The second kappa shape index (κ2) is 4.83. The Kier molecular flexibility index (Phi) is 3.73. The molecule has 3 N–H and O–H groups in total. The van der Waals surface area contributed by atoms with Crippen LogP contribution in [-0.2, 0) is 13.2 Å². The van der Waals surface area contributed by atoms with E-state index in [2.05, 4.69) is 0 Å². The van der Waals surface area contributed by atoms with Gasteiger partial charge in [-0.15, -0.1) is 0 Å². The zero-order valence-corrected chi connectivity index (χ0v) is 8.03. The second-order valence-electron chi connectivity index (χ2n) is 2.85. The Morgan fingerprint density at radius 2 is 1.93 bits per heavy atom. The normalized spacial score (nSPS) is 10.2. The molecule has 0 amide bonds. The smallest absolute Gasteiger partial charge is 0.163 e. The van der Waals surface area contributed by atoms with Crippen molar-refractivity contribution >= 4 is 0 Å². The van der Waals surface area contributed by atoms with Gasteiger partial charge in [-0.1, -0.05) is 0 Å². The van der Waals surface area contributed by atoms with E-state index in [1.165, 1.54) is 6.07 Å². The summed E-state index contributed by atoms with van der Waals surface area (Å²) in [5.41, 5.74) is 0.968. The van der Waals surface area contributed by atoms with E-state index in [9.17, 15) is 5.11 Å². The lowest BCUT2D eigenvalue weighted by molar-refractivity contribution is 0.263. The van der Waals surface area contributed by atoms with Gasteiger partial charge in [0, 0.05) is 5.56 Å².